The van der Waals surface area contributed by atoms with Crippen molar-refractivity contribution in [3.8, 4) is 0 Å². The van der Waals surface area contributed by atoms with Crippen LogP contribution in [0.25, 0.3) is 0 Å². The largest absolute Gasteiger partial charge is 0.481 e. The lowest BCUT2D eigenvalue weighted by atomic mass is 9.83. The predicted octanol–water partition coefficient (Wildman–Crippen LogP) is 1.25. The lowest BCUT2D eigenvalue weighted by molar-refractivity contribution is -0.149. The molecule has 1 fully saturated rings. The SMILES string of the molecule is CCCC1(C(=O)O)CCN(C(=O)C(NC(C)=O)C(C)C)C1. The fraction of sp³-hybridized carbons (Fsp3) is 0.800. The smallest absolute Gasteiger partial charge is 0.311 e. The van der Waals surface area contributed by atoms with Gasteiger partial charge in [0.25, 0.3) is 0 Å². The minimum absolute atomic E-state index is 0.0348. The molecule has 0 saturated carbocycles. The van der Waals surface area contributed by atoms with Crippen molar-refractivity contribution in [2.75, 3.05) is 13.1 Å². The van der Waals surface area contributed by atoms with Crippen molar-refractivity contribution >= 4 is 17.8 Å². The summed E-state index contributed by atoms with van der Waals surface area (Å²) in [6.45, 7) is 7.73. The summed E-state index contributed by atoms with van der Waals surface area (Å²) in [7, 11) is 0. The first-order valence-corrected chi connectivity index (χ1v) is 7.53. The molecule has 1 rings (SSSR count). The lowest BCUT2D eigenvalue weighted by Crippen LogP contribution is -2.50. The number of amides is 2. The van der Waals surface area contributed by atoms with Crippen LogP contribution in [0.1, 0.15) is 47.0 Å². The highest BCUT2D eigenvalue weighted by atomic mass is 16.4. The van der Waals surface area contributed by atoms with Gasteiger partial charge in [-0.15, -0.1) is 0 Å². The molecule has 0 aromatic heterocycles. The number of carbonyl (C=O) groups is 3. The Morgan fingerprint density at radius 3 is 2.38 bits per heavy atom. The summed E-state index contributed by atoms with van der Waals surface area (Å²) in [4.78, 5) is 36.9. The van der Waals surface area contributed by atoms with Gasteiger partial charge in [-0.3, -0.25) is 14.4 Å². The summed E-state index contributed by atoms with van der Waals surface area (Å²) in [6.07, 6.45) is 1.82. The number of hydrogen-bond donors (Lipinski definition) is 2. The van der Waals surface area contributed by atoms with Crippen LogP contribution in [0.15, 0.2) is 0 Å². The van der Waals surface area contributed by atoms with Crippen molar-refractivity contribution in [3.63, 3.8) is 0 Å². The Labute approximate surface area is 125 Å². The van der Waals surface area contributed by atoms with Crippen molar-refractivity contribution < 1.29 is 19.5 Å². The number of nitrogens with zero attached hydrogens (tertiary/aromatic N) is 1. The van der Waals surface area contributed by atoms with Crippen molar-refractivity contribution in [1.29, 1.82) is 0 Å². The van der Waals surface area contributed by atoms with E-state index in [9.17, 15) is 19.5 Å². The molecule has 1 aliphatic rings. The number of carboxylic acids is 1. The molecule has 2 amide bonds. The molecule has 1 heterocycles. The van der Waals surface area contributed by atoms with E-state index >= 15 is 0 Å². The molecule has 1 aliphatic heterocycles. The van der Waals surface area contributed by atoms with Gasteiger partial charge in [0, 0.05) is 20.0 Å². The third kappa shape index (κ3) is 3.95. The summed E-state index contributed by atoms with van der Waals surface area (Å²) in [6, 6.07) is -0.589. The van der Waals surface area contributed by atoms with Crippen LogP contribution in [0.5, 0.6) is 0 Å². The zero-order valence-electron chi connectivity index (χ0n) is 13.3. The first-order chi connectivity index (χ1) is 9.73. The van der Waals surface area contributed by atoms with E-state index in [1.165, 1.54) is 6.92 Å². The second kappa shape index (κ2) is 6.91. The van der Waals surface area contributed by atoms with Crippen LogP contribution in [-0.2, 0) is 14.4 Å². The molecule has 0 radical (unpaired) electrons. The zero-order chi connectivity index (χ0) is 16.2. The topological polar surface area (TPSA) is 86.7 Å². The number of likely N-dealkylation sites (tertiary alicyclic amines) is 1. The Hall–Kier alpha value is -1.59. The molecule has 0 spiro atoms. The molecule has 2 N–H and O–H groups in total. The van der Waals surface area contributed by atoms with Gasteiger partial charge in [0.05, 0.1) is 5.41 Å². The summed E-state index contributed by atoms with van der Waals surface area (Å²) >= 11 is 0. The number of carboxylic acid groups (broad SMARTS) is 1. The van der Waals surface area contributed by atoms with Crippen molar-refractivity contribution in [3.05, 3.63) is 0 Å². The van der Waals surface area contributed by atoms with Crippen molar-refractivity contribution in [2.24, 2.45) is 11.3 Å². The lowest BCUT2D eigenvalue weighted by Gasteiger charge is -2.28. The highest BCUT2D eigenvalue weighted by Crippen LogP contribution is 2.36. The van der Waals surface area contributed by atoms with Crippen LogP contribution < -0.4 is 5.32 Å². The molecule has 0 bridgehead atoms. The standard InChI is InChI=1S/C15H26N2O4/c1-5-6-15(14(20)21)7-8-17(9-15)13(19)12(10(2)3)16-11(4)18/h10,12H,5-9H2,1-4H3,(H,16,18)(H,20,21). The molecular formula is C15H26N2O4. The Morgan fingerprint density at radius 1 is 1.33 bits per heavy atom. The van der Waals surface area contributed by atoms with Crippen LogP contribution in [0.3, 0.4) is 0 Å². The van der Waals surface area contributed by atoms with E-state index in [4.69, 9.17) is 0 Å². The van der Waals surface area contributed by atoms with E-state index in [1.54, 1.807) is 4.90 Å². The Morgan fingerprint density at radius 2 is 1.95 bits per heavy atom. The molecular weight excluding hydrogens is 272 g/mol. The van der Waals surface area contributed by atoms with E-state index in [1.807, 2.05) is 20.8 Å². The van der Waals surface area contributed by atoms with Gasteiger partial charge in [-0.05, 0) is 18.8 Å². The molecule has 0 aromatic rings. The molecule has 6 nitrogen and oxygen atoms in total. The maximum Gasteiger partial charge on any atom is 0.311 e. The van der Waals surface area contributed by atoms with Gasteiger partial charge in [0.2, 0.25) is 11.8 Å². The number of hydrogen-bond acceptors (Lipinski definition) is 3. The quantitative estimate of drug-likeness (QED) is 0.772. The Bertz CT molecular complexity index is 422. The first kappa shape index (κ1) is 17.5. The third-order valence-electron chi connectivity index (χ3n) is 4.14. The average molecular weight is 298 g/mol. The molecule has 120 valence electrons. The summed E-state index contributed by atoms with van der Waals surface area (Å²) in [5.74, 6) is -1.30. The number of nitrogens with one attached hydrogen (secondary N) is 1. The minimum atomic E-state index is -0.833. The van der Waals surface area contributed by atoms with E-state index in [2.05, 4.69) is 5.32 Å². The Kier molecular flexibility index (Phi) is 5.75. The van der Waals surface area contributed by atoms with Gasteiger partial charge in [0.15, 0.2) is 0 Å². The molecule has 0 aliphatic carbocycles. The van der Waals surface area contributed by atoms with Crippen LogP contribution in [0.2, 0.25) is 0 Å². The normalized spacial score (nSPS) is 23.2. The third-order valence-corrected chi connectivity index (χ3v) is 4.14. The number of rotatable bonds is 6. The fourth-order valence-corrected chi connectivity index (χ4v) is 2.95. The number of carbonyl (C=O) groups excluding carboxylic acids is 2. The summed E-state index contributed by atoms with van der Waals surface area (Å²) in [5.41, 5.74) is -0.831. The summed E-state index contributed by atoms with van der Waals surface area (Å²) in [5, 5.41) is 12.1. The molecule has 0 aromatic carbocycles. The van der Waals surface area contributed by atoms with Crippen LogP contribution >= 0.6 is 0 Å². The van der Waals surface area contributed by atoms with E-state index in [0.29, 0.717) is 19.4 Å². The first-order valence-electron chi connectivity index (χ1n) is 7.53. The van der Waals surface area contributed by atoms with Gasteiger partial charge in [-0.2, -0.15) is 0 Å². The van der Waals surface area contributed by atoms with Gasteiger partial charge in [-0.25, -0.2) is 0 Å². The van der Waals surface area contributed by atoms with Gasteiger partial charge >= 0.3 is 5.97 Å². The van der Waals surface area contributed by atoms with Crippen molar-refractivity contribution in [1.82, 2.24) is 10.2 Å². The zero-order valence-corrected chi connectivity index (χ0v) is 13.3. The van der Waals surface area contributed by atoms with Gasteiger partial charge in [-0.1, -0.05) is 27.2 Å². The molecule has 2 atom stereocenters. The molecule has 1 saturated heterocycles. The van der Waals surface area contributed by atoms with Crippen LogP contribution in [0.4, 0.5) is 0 Å². The maximum atomic E-state index is 12.6. The van der Waals surface area contributed by atoms with Crippen molar-refractivity contribution in [2.45, 2.75) is 53.0 Å². The molecule has 21 heavy (non-hydrogen) atoms. The fourth-order valence-electron chi connectivity index (χ4n) is 2.95. The second-order valence-electron chi connectivity index (χ2n) is 6.27. The van der Waals surface area contributed by atoms with Gasteiger partial charge < -0.3 is 15.3 Å². The average Bonchev–Trinajstić information content (AvgIpc) is 2.81. The number of aliphatic carboxylic acids is 1. The van der Waals surface area contributed by atoms with E-state index in [0.717, 1.165) is 6.42 Å². The highest BCUT2D eigenvalue weighted by Gasteiger charge is 2.46. The monoisotopic (exact) mass is 298 g/mol. The Balaban J connectivity index is 2.84. The minimum Gasteiger partial charge on any atom is -0.481 e. The van der Waals surface area contributed by atoms with Gasteiger partial charge in [0.1, 0.15) is 6.04 Å². The highest BCUT2D eigenvalue weighted by molar-refractivity contribution is 5.88. The maximum absolute atomic E-state index is 12.6. The van der Waals surface area contributed by atoms with Crippen LogP contribution in [-0.4, -0.2) is 46.9 Å². The van der Waals surface area contributed by atoms with E-state index in [-0.39, 0.29) is 24.3 Å². The predicted molar refractivity (Wildman–Crippen MR) is 78.6 cm³/mol. The molecule has 6 heteroatoms. The molecule has 2 unspecified atom stereocenters. The van der Waals surface area contributed by atoms with Crippen LogP contribution in [0, 0.1) is 11.3 Å². The summed E-state index contributed by atoms with van der Waals surface area (Å²) < 4.78 is 0. The van der Waals surface area contributed by atoms with E-state index < -0.39 is 17.4 Å². The second-order valence-corrected chi connectivity index (χ2v) is 6.27.